The lowest BCUT2D eigenvalue weighted by atomic mass is 10.3. The van der Waals surface area contributed by atoms with Gasteiger partial charge in [0, 0.05) is 10.2 Å². The summed E-state index contributed by atoms with van der Waals surface area (Å²) in [5.41, 5.74) is 0.898. The summed E-state index contributed by atoms with van der Waals surface area (Å²) in [4.78, 5) is 0. The van der Waals surface area contributed by atoms with Crippen molar-refractivity contribution in [2.24, 2.45) is 10.2 Å². The molecular formula is C5H10N2Si. The van der Waals surface area contributed by atoms with Crippen LogP contribution in [0.15, 0.2) is 10.2 Å². The average molecular weight is 126 g/mol. The standard InChI is InChI=1S/C5H10N2Si/c8-5-3-1-2-4(5)7-6-3/h3-5H,1-2H2,8H3. The van der Waals surface area contributed by atoms with E-state index in [0.29, 0.717) is 12.1 Å². The fourth-order valence-electron chi connectivity index (χ4n) is 1.62. The Balaban J connectivity index is 2.27. The molecule has 0 spiro atoms. The zero-order chi connectivity index (χ0) is 5.56. The lowest BCUT2D eigenvalue weighted by molar-refractivity contribution is 0.643. The Hall–Kier alpha value is -0.183. The molecule has 1 fully saturated rings. The van der Waals surface area contributed by atoms with Crippen LogP contribution in [0.5, 0.6) is 0 Å². The quantitative estimate of drug-likeness (QED) is 0.412. The molecule has 2 unspecified atom stereocenters. The fourth-order valence-corrected chi connectivity index (χ4v) is 2.55. The maximum Gasteiger partial charge on any atom is 0.0726 e. The van der Waals surface area contributed by atoms with Crippen molar-refractivity contribution < 1.29 is 0 Å². The molecule has 1 heterocycles. The summed E-state index contributed by atoms with van der Waals surface area (Å²) < 4.78 is 0. The molecule has 3 heteroatoms. The van der Waals surface area contributed by atoms with E-state index in [4.69, 9.17) is 0 Å². The Labute approximate surface area is 51.8 Å². The monoisotopic (exact) mass is 126 g/mol. The van der Waals surface area contributed by atoms with Crippen LogP contribution >= 0.6 is 0 Å². The minimum Gasteiger partial charge on any atom is -0.190 e. The smallest absolute Gasteiger partial charge is 0.0726 e. The van der Waals surface area contributed by atoms with Gasteiger partial charge in [0.1, 0.15) is 0 Å². The van der Waals surface area contributed by atoms with E-state index in [1.54, 1.807) is 0 Å². The molecule has 8 heavy (non-hydrogen) atoms. The number of nitrogens with zero attached hydrogens (tertiary/aromatic N) is 2. The van der Waals surface area contributed by atoms with Crippen molar-refractivity contribution in [1.82, 2.24) is 0 Å². The SMILES string of the molecule is [SiH3]C1C2CCC1N=N2. The third kappa shape index (κ3) is 0.425. The summed E-state index contributed by atoms with van der Waals surface area (Å²) in [6.07, 6.45) is 2.64. The van der Waals surface area contributed by atoms with Gasteiger partial charge in [-0.15, -0.1) is 0 Å². The van der Waals surface area contributed by atoms with Gasteiger partial charge in [-0.05, 0) is 18.4 Å². The maximum atomic E-state index is 4.14. The van der Waals surface area contributed by atoms with Gasteiger partial charge in [-0.2, -0.15) is 10.2 Å². The van der Waals surface area contributed by atoms with Gasteiger partial charge in [-0.1, -0.05) is 0 Å². The summed E-state index contributed by atoms with van der Waals surface area (Å²) in [7, 11) is 1.30. The van der Waals surface area contributed by atoms with Crippen LogP contribution in [0, 0.1) is 0 Å². The van der Waals surface area contributed by atoms with Gasteiger partial charge >= 0.3 is 0 Å². The van der Waals surface area contributed by atoms with Crippen molar-refractivity contribution in [3.05, 3.63) is 0 Å². The van der Waals surface area contributed by atoms with Crippen molar-refractivity contribution in [1.29, 1.82) is 0 Å². The molecule has 2 nitrogen and oxygen atoms in total. The molecule has 2 bridgehead atoms. The van der Waals surface area contributed by atoms with Crippen molar-refractivity contribution in [2.45, 2.75) is 30.5 Å². The molecule has 0 saturated heterocycles. The molecule has 0 aromatic rings. The lowest BCUT2D eigenvalue weighted by Gasteiger charge is -2.00. The number of azo groups is 1. The lowest BCUT2D eigenvalue weighted by Crippen LogP contribution is -2.05. The van der Waals surface area contributed by atoms with E-state index in [9.17, 15) is 0 Å². The van der Waals surface area contributed by atoms with Crippen LogP contribution in [0.2, 0.25) is 5.54 Å². The molecule has 2 atom stereocenters. The van der Waals surface area contributed by atoms with Crippen molar-refractivity contribution in [2.75, 3.05) is 0 Å². The van der Waals surface area contributed by atoms with Crippen LogP contribution in [0.25, 0.3) is 0 Å². The van der Waals surface area contributed by atoms with Crippen LogP contribution in [0.1, 0.15) is 12.8 Å². The molecule has 2 rings (SSSR count). The predicted octanol–water partition coefficient (Wildman–Crippen LogP) is 0.137. The van der Waals surface area contributed by atoms with E-state index in [1.807, 2.05) is 0 Å². The maximum absolute atomic E-state index is 4.14. The summed E-state index contributed by atoms with van der Waals surface area (Å²) >= 11 is 0. The summed E-state index contributed by atoms with van der Waals surface area (Å²) in [5.74, 6) is 0. The van der Waals surface area contributed by atoms with E-state index < -0.39 is 0 Å². The number of fused-ring (bicyclic) bond motifs is 2. The Bertz CT molecular complexity index is 120. The highest BCUT2D eigenvalue weighted by molar-refractivity contribution is 6.13. The average Bonchev–Trinajstić information content (AvgIpc) is 2.29. The van der Waals surface area contributed by atoms with Crippen molar-refractivity contribution in [3.8, 4) is 0 Å². The number of hydrogen-bond donors (Lipinski definition) is 0. The zero-order valence-electron chi connectivity index (χ0n) is 5.04. The van der Waals surface area contributed by atoms with E-state index in [1.165, 1.54) is 23.1 Å². The first kappa shape index (κ1) is 4.67. The molecule has 0 amide bonds. The van der Waals surface area contributed by atoms with Crippen molar-refractivity contribution in [3.63, 3.8) is 0 Å². The molecular weight excluding hydrogens is 116 g/mol. The number of rotatable bonds is 0. The molecule has 0 N–H and O–H groups in total. The second-order valence-corrected chi connectivity index (χ2v) is 4.14. The van der Waals surface area contributed by atoms with Crippen LogP contribution < -0.4 is 0 Å². The van der Waals surface area contributed by atoms with Gasteiger partial charge < -0.3 is 0 Å². The molecule has 44 valence electrons. The van der Waals surface area contributed by atoms with Gasteiger partial charge in [0.25, 0.3) is 0 Å². The summed E-state index contributed by atoms with van der Waals surface area (Å²) in [6, 6.07) is 1.32. The normalized spacial score (nSPS) is 51.2. The topological polar surface area (TPSA) is 24.7 Å². The first-order valence-corrected chi connectivity index (χ1v) is 4.43. The van der Waals surface area contributed by atoms with E-state index in [-0.39, 0.29) is 0 Å². The van der Waals surface area contributed by atoms with Crippen LogP contribution in [-0.4, -0.2) is 22.3 Å². The summed E-state index contributed by atoms with van der Waals surface area (Å²) in [5, 5.41) is 8.29. The first-order valence-electron chi connectivity index (χ1n) is 3.28. The Morgan fingerprint density at radius 2 is 1.62 bits per heavy atom. The third-order valence-electron chi connectivity index (χ3n) is 2.34. The Morgan fingerprint density at radius 1 is 1.12 bits per heavy atom. The van der Waals surface area contributed by atoms with Crippen LogP contribution in [-0.2, 0) is 0 Å². The molecule has 0 radical (unpaired) electrons. The fraction of sp³-hybridized carbons (Fsp3) is 1.00. The minimum atomic E-state index is 0.659. The highest BCUT2D eigenvalue weighted by Crippen LogP contribution is 2.39. The summed E-state index contributed by atoms with van der Waals surface area (Å²) in [6.45, 7) is 0. The minimum absolute atomic E-state index is 0.659. The molecule has 1 aliphatic carbocycles. The second kappa shape index (κ2) is 1.40. The van der Waals surface area contributed by atoms with Gasteiger partial charge in [-0.3, -0.25) is 0 Å². The largest absolute Gasteiger partial charge is 0.190 e. The third-order valence-corrected chi connectivity index (χ3v) is 3.87. The van der Waals surface area contributed by atoms with Crippen LogP contribution in [0.3, 0.4) is 0 Å². The van der Waals surface area contributed by atoms with E-state index in [2.05, 4.69) is 10.2 Å². The van der Waals surface area contributed by atoms with Crippen LogP contribution in [0.4, 0.5) is 0 Å². The Kier molecular flexibility index (Phi) is 0.820. The highest BCUT2D eigenvalue weighted by Gasteiger charge is 2.37. The van der Waals surface area contributed by atoms with E-state index in [0.717, 1.165) is 5.54 Å². The molecule has 0 aromatic carbocycles. The van der Waals surface area contributed by atoms with E-state index >= 15 is 0 Å². The molecule has 2 aliphatic rings. The second-order valence-electron chi connectivity index (χ2n) is 2.80. The van der Waals surface area contributed by atoms with Crippen molar-refractivity contribution >= 4 is 10.2 Å². The molecule has 1 saturated carbocycles. The molecule has 0 aromatic heterocycles. The van der Waals surface area contributed by atoms with Gasteiger partial charge in [-0.25, -0.2) is 0 Å². The highest BCUT2D eigenvalue weighted by atomic mass is 28.1. The van der Waals surface area contributed by atoms with Gasteiger partial charge in [0.05, 0.1) is 12.1 Å². The predicted molar refractivity (Wildman–Crippen MR) is 35.4 cm³/mol. The first-order chi connectivity index (χ1) is 3.88. The number of hydrogen-bond acceptors (Lipinski definition) is 2. The van der Waals surface area contributed by atoms with Gasteiger partial charge in [0.15, 0.2) is 0 Å². The molecule has 1 aliphatic heterocycles. The van der Waals surface area contributed by atoms with Gasteiger partial charge in [0.2, 0.25) is 0 Å². The Morgan fingerprint density at radius 3 is 1.75 bits per heavy atom. The zero-order valence-corrected chi connectivity index (χ0v) is 7.04.